The van der Waals surface area contributed by atoms with Gasteiger partial charge in [-0.15, -0.1) is 0 Å². The van der Waals surface area contributed by atoms with Crippen LogP contribution in [0.25, 0.3) is 0 Å². The summed E-state index contributed by atoms with van der Waals surface area (Å²) in [6.07, 6.45) is 3.35. The van der Waals surface area contributed by atoms with Gasteiger partial charge in [0.2, 0.25) is 0 Å². The molecule has 0 aliphatic carbocycles. The third-order valence-electron chi connectivity index (χ3n) is 2.81. The van der Waals surface area contributed by atoms with E-state index >= 15 is 0 Å². The standard InChI is InChI=1S/C10H10ClN5/c1-6-9(11)12-5-13-10(6)16-3-7-2-14-15-8(7)4-16/h2,5H,3-4H2,1H3,(H,14,15). The zero-order valence-corrected chi connectivity index (χ0v) is 9.49. The minimum atomic E-state index is 0.513. The maximum atomic E-state index is 5.98. The SMILES string of the molecule is Cc1c(Cl)ncnc1N1Cc2cn[nH]c2C1. The second-order valence-corrected chi connectivity index (χ2v) is 4.20. The van der Waals surface area contributed by atoms with Crippen LogP contribution in [-0.4, -0.2) is 20.2 Å². The van der Waals surface area contributed by atoms with Crippen LogP contribution in [0.4, 0.5) is 5.82 Å². The molecule has 82 valence electrons. The second-order valence-electron chi connectivity index (χ2n) is 3.84. The molecule has 0 spiro atoms. The van der Waals surface area contributed by atoms with Gasteiger partial charge in [-0.25, -0.2) is 9.97 Å². The van der Waals surface area contributed by atoms with Crippen molar-refractivity contribution in [3.63, 3.8) is 0 Å². The Labute approximate surface area is 97.5 Å². The highest BCUT2D eigenvalue weighted by Crippen LogP contribution is 2.29. The molecule has 0 radical (unpaired) electrons. The number of nitrogens with zero attached hydrogens (tertiary/aromatic N) is 4. The smallest absolute Gasteiger partial charge is 0.137 e. The fraction of sp³-hybridized carbons (Fsp3) is 0.300. The topological polar surface area (TPSA) is 57.7 Å². The maximum absolute atomic E-state index is 5.98. The van der Waals surface area contributed by atoms with Gasteiger partial charge in [-0.3, -0.25) is 5.10 Å². The van der Waals surface area contributed by atoms with Crippen molar-refractivity contribution in [3.8, 4) is 0 Å². The van der Waals surface area contributed by atoms with E-state index in [0.717, 1.165) is 30.2 Å². The summed E-state index contributed by atoms with van der Waals surface area (Å²) in [4.78, 5) is 10.4. The Morgan fingerprint density at radius 2 is 2.25 bits per heavy atom. The summed E-state index contributed by atoms with van der Waals surface area (Å²) in [5.74, 6) is 0.893. The van der Waals surface area contributed by atoms with Crippen molar-refractivity contribution < 1.29 is 0 Å². The number of halogens is 1. The van der Waals surface area contributed by atoms with Crippen LogP contribution >= 0.6 is 11.6 Å². The first kappa shape index (κ1) is 9.59. The molecule has 1 N–H and O–H groups in total. The maximum Gasteiger partial charge on any atom is 0.137 e. The van der Waals surface area contributed by atoms with E-state index in [1.807, 2.05) is 13.1 Å². The molecule has 2 aromatic heterocycles. The van der Waals surface area contributed by atoms with Gasteiger partial charge >= 0.3 is 0 Å². The number of nitrogens with one attached hydrogen (secondary N) is 1. The van der Waals surface area contributed by atoms with Crippen LogP contribution in [-0.2, 0) is 13.1 Å². The van der Waals surface area contributed by atoms with Gasteiger partial charge in [0.15, 0.2) is 0 Å². The lowest BCUT2D eigenvalue weighted by Crippen LogP contribution is -2.18. The predicted molar refractivity (Wildman–Crippen MR) is 60.3 cm³/mol. The van der Waals surface area contributed by atoms with E-state index < -0.39 is 0 Å². The number of hydrogen-bond acceptors (Lipinski definition) is 4. The molecule has 2 aromatic rings. The molecule has 0 saturated heterocycles. The Balaban J connectivity index is 1.96. The third kappa shape index (κ3) is 1.36. The van der Waals surface area contributed by atoms with E-state index in [0.29, 0.717) is 5.15 Å². The Morgan fingerprint density at radius 3 is 3.06 bits per heavy atom. The quantitative estimate of drug-likeness (QED) is 0.764. The lowest BCUT2D eigenvalue weighted by molar-refractivity contribution is 0.816. The summed E-state index contributed by atoms with van der Waals surface area (Å²) < 4.78 is 0. The highest BCUT2D eigenvalue weighted by atomic mass is 35.5. The Morgan fingerprint density at radius 1 is 1.38 bits per heavy atom. The van der Waals surface area contributed by atoms with Crippen molar-refractivity contribution in [2.75, 3.05) is 4.90 Å². The van der Waals surface area contributed by atoms with Gasteiger partial charge in [-0.1, -0.05) is 11.6 Å². The minimum Gasteiger partial charge on any atom is -0.346 e. The van der Waals surface area contributed by atoms with Crippen LogP contribution in [0.5, 0.6) is 0 Å². The number of aromatic nitrogens is 4. The predicted octanol–water partition coefficient (Wildman–Crippen LogP) is 1.68. The van der Waals surface area contributed by atoms with Crippen molar-refractivity contribution in [1.82, 2.24) is 20.2 Å². The average molecular weight is 236 g/mol. The van der Waals surface area contributed by atoms with Crippen LogP contribution < -0.4 is 4.90 Å². The summed E-state index contributed by atoms with van der Waals surface area (Å²) in [6.45, 7) is 3.55. The first-order valence-corrected chi connectivity index (χ1v) is 5.36. The average Bonchev–Trinajstić information content (AvgIpc) is 2.81. The van der Waals surface area contributed by atoms with Gasteiger partial charge in [-0.05, 0) is 6.92 Å². The number of rotatable bonds is 1. The normalized spacial score (nSPS) is 14.2. The minimum absolute atomic E-state index is 0.513. The summed E-state index contributed by atoms with van der Waals surface area (Å²) in [7, 11) is 0. The highest BCUT2D eigenvalue weighted by Gasteiger charge is 2.23. The summed E-state index contributed by atoms with van der Waals surface area (Å²) in [6, 6.07) is 0. The van der Waals surface area contributed by atoms with E-state index in [-0.39, 0.29) is 0 Å². The van der Waals surface area contributed by atoms with E-state index in [4.69, 9.17) is 11.6 Å². The number of fused-ring (bicyclic) bond motifs is 1. The van der Waals surface area contributed by atoms with Gasteiger partial charge in [0.05, 0.1) is 18.4 Å². The summed E-state index contributed by atoms with van der Waals surface area (Å²) in [5, 5.41) is 7.50. The van der Waals surface area contributed by atoms with Crippen LogP contribution in [0, 0.1) is 6.92 Å². The Hall–Kier alpha value is -1.62. The largest absolute Gasteiger partial charge is 0.346 e. The van der Waals surface area contributed by atoms with E-state index in [1.165, 1.54) is 11.9 Å². The molecular formula is C10H10ClN5. The summed E-state index contributed by atoms with van der Waals surface area (Å²) >= 11 is 5.98. The molecule has 0 atom stereocenters. The number of aromatic amines is 1. The lowest BCUT2D eigenvalue weighted by atomic mass is 10.3. The molecule has 0 fully saturated rings. The van der Waals surface area contributed by atoms with Gasteiger partial charge in [0.1, 0.15) is 17.3 Å². The van der Waals surface area contributed by atoms with Crippen LogP contribution in [0.2, 0.25) is 5.15 Å². The van der Waals surface area contributed by atoms with Crippen molar-refractivity contribution in [2.24, 2.45) is 0 Å². The molecule has 5 nitrogen and oxygen atoms in total. The first-order chi connectivity index (χ1) is 7.75. The fourth-order valence-corrected chi connectivity index (χ4v) is 2.08. The van der Waals surface area contributed by atoms with Crippen molar-refractivity contribution in [3.05, 3.63) is 34.5 Å². The summed E-state index contributed by atoms with van der Waals surface area (Å²) in [5.41, 5.74) is 3.28. The molecular weight excluding hydrogens is 226 g/mol. The van der Waals surface area contributed by atoms with E-state index in [9.17, 15) is 0 Å². The molecule has 1 aliphatic heterocycles. The fourth-order valence-electron chi connectivity index (χ4n) is 1.95. The number of anilines is 1. The van der Waals surface area contributed by atoms with Gasteiger partial charge in [0.25, 0.3) is 0 Å². The van der Waals surface area contributed by atoms with Crippen molar-refractivity contribution in [2.45, 2.75) is 20.0 Å². The molecule has 0 aromatic carbocycles. The van der Waals surface area contributed by atoms with Crippen molar-refractivity contribution >= 4 is 17.4 Å². The zero-order valence-electron chi connectivity index (χ0n) is 8.74. The van der Waals surface area contributed by atoms with Crippen LogP contribution in [0.15, 0.2) is 12.5 Å². The monoisotopic (exact) mass is 235 g/mol. The molecule has 3 rings (SSSR count). The third-order valence-corrected chi connectivity index (χ3v) is 3.19. The molecule has 3 heterocycles. The van der Waals surface area contributed by atoms with Gasteiger partial charge < -0.3 is 4.90 Å². The van der Waals surface area contributed by atoms with Crippen LogP contribution in [0.1, 0.15) is 16.8 Å². The molecule has 1 aliphatic rings. The van der Waals surface area contributed by atoms with Crippen LogP contribution in [0.3, 0.4) is 0 Å². The lowest BCUT2D eigenvalue weighted by Gasteiger charge is -2.18. The number of H-pyrrole nitrogens is 1. The van der Waals surface area contributed by atoms with E-state index in [1.54, 1.807) is 0 Å². The highest BCUT2D eigenvalue weighted by molar-refractivity contribution is 6.30. The Kier molecular flexibility index (Phi) is 2.07. The van der Waals surface area contributed by atoms with Gasteiger partial charge in [-0.2, -0.15) is 5.10 Å². The zero-order chi connectivity index (χ0) is 11.1. The van der Waals surface area contributed by atoms with Gasteiger partial charge in [0, 0.05) is 17.7 Å². The molecule has 0 bridgehead atoms. The molecule has 0 amide bonds. The molecule has 0 saturated carbocycles. The van der Waals surface area contributed by atoms with Crippen molar-refractivity contribution in [1.29, 1.82) is 0 Å². The Bertz CT molecular complexity index is 515. The molecule has 16 heavy (non-hydrogen) atoms. The number of hydrogen-bond donors (Lipinski definition) is 1. The van der Waals surface area contributed by atoms with E-state index in [2.05, 4.69) is 25.1 Å². The first-order valence-electron chi connectivity index (χ1n) is 4.99. The second kappa shape index (κ2) is 3.45. The molecule has 6 heteroatoms. The molecule has 0 unspecified atom stereocenters.